The van der Waals surface area contributed by atoms with Crippen molar-refractivity contribution in [3.05, 3.63) is 0 Å². The fraction of sp³-hybridized carbons (Fsp3) is 0.889. The van der Waals surface area contributed by atoms with Gasteiger partial charge >= 0.3 is 12.1 Å². The van der Waals surface area contributed by atoms with Crippen molar-refractivity contribution in [2.24, 2.45) is 5.92 Å². The minimum absolute atomic E-state index is 0.0979. The molecule has 1 rings (SSSR count). The van der Waals surface area contributed by atoms with E-state index < -0.39 is 23.7 Å². The lowest BCUT2D eigenvalue weighted by Crippen LogP contribution is -2.44. The largest absolute Gasteiger partial charge is 0.464 e. The van der Waals surface area contributed by atoms with Crippen molar-refractivity contribution in [3.63, 3.8) is 0 Å². The van der Waals surface area contributed by atoms with Crippen molar-refractivity contribution in [1.29, 1.82) is 0 Å². The second-order valence-corrected chi connectivity index (χ2v) is 7.59. The molecule has 1 amide bonds. The molecule has 4 atom stereocenters. The van der Waals surface area contributed by atoms with Gasteiger partial charge in [0.05, 0.1) is 6.61 Å². The molecule has 7 heteroatoms. The molecule has 0 saturated carbocycles. The van der Waals surface area contributed by atoms with Crippen LogP contribution in [0.15, 0.2) is 0 Å². The molecule has 4 unspecified atom stereocenters. The average Bonchev–Trinajstić information content (AvgIpc) is 2.85. The Morgan fingerprint density at radius 3 is 2.52 bits per heavy atom. The molecule has 0 aromatic carbocycles. The third kappa shape index (κ3) is 8.05. The van der Waals surface area contributed by atoms with Crippen LogP contribution in [0.2, 0.25) is 0 Å². The van der Waals surface area contributed by atoms with E-state index in [1.807, 2.05) is 0 Å². The van der Waals surface area contributed by atoms with Crippen molar-refractivity contribution in [2.75, 3.05) is 13.7 Å². The van der Waals surface area contributed by atoms with Gasteiger partial charge in [-0.15, -0.1) is 0 Å². The number of amides is 1. The molecule has 0 aromatic rings. The third-order valence-electron chi connectivity index (χ3n) is 4.23. The van der Waals surface area contributed by atoms with E-state index >= 15 is 0 Å². The van der Waals surface area contributed by atoms with Crippen molar-refractivity contribution in [1.82, 2.24) is 10.6 Å². The fourth-order valence-electron chi connectivity index (χ4n) is 2.99. The summed E-state index contributed by atoms with van der Waals surface area (Å²) in [5.74, 6) is 0.0976. The Hall–Kier alpha value is -1.34. The summed E-state index contributed by atoms with van der Waals surface area (Å²) in [6.07, 6.45) is 2.70. The highest BCUT2D eigenvalue weighted by Crippen LogP contribution is 2.24. The lowest BCUT2D eigenvalue weighted by Gasteiger charge is -2.23. The molecule has 0 aliphatic carbocycles. The summed E-state index contributed by atoms with van der Waals surface area (Å²) >= 11 is 0. The lowest BCUT2D eigenvalue weighted by molar-refractivity contribution is -0.145. The number of esters is 1. The molecule has 1 aliphatic heterocycles. The predicted molar refractivity (Wildman–Crippen MR) is 95.1 cm³/mol. The van der Waals surface area contributed by atoms with Gasteiger partial charge in [0.1, 0.15) is 17.9 Å². The number of methoxy groups -OCH3 is 1. The molecule has 1 fully saturated rings. The molecule has 7 nitrogen and oxygen atoms in total. The number of ether oxygens (including phenoxy) is 3. The van der Waals surface area contributed by atoms with E-state index in [1.54, 1.807) is 34.8 Å². The van der Waals surface area contributed by atoms with Crippen LogP contribution in [-0.2, 0) is 19.0 Å². The first-order valence-electron chi connectivity index (χ1n) is 9.11. The van der Waals surface area contributed by atoms with Crippen LogP contribution in [0, 0.1) is 5.92 Å². The zero-order valence-corrected chi connectivity index (χ0v) is 16.4. The number of hydrogen-bond donors (Lipinski definition) is 2. The van der Waals surface area contributed by atoms with Gasteiger partial charge in [-0.1, -0.05) is 6.92 Å². The first-order valence-corrected chi connectivity index (χ1v) is 9.11. The Balaban J connectivity index is 2.51. The second-order valence-electron chi connectivity index (χ2n) is 7.59. The van der Waals surface area contributed by atoms with Crippen LogP contribution in [0.5, 0.6) is 0 Å². The van der Waals surface area contributed by atoms with Gasteiger partial charge in [-0.3, -0.25) is 5.32 Å². The van der Waals surface area contributed by atoms with E-state index in [2.05, 4.69) is 17.6 Å². The maximum Gasteiger partial charge on any atom is 0.408 e. The van der Waals surface area contributed by atoms with E-state index in [9.17, 15) is 9.59 Å². The first-order chi connectivity index (χ1) is 11.7. The molecule has 0 bridgehead atoms. The molecule has 25 heavy (non-hydrogen) atoms. The molecule has 1 heterocycles. The Kier molecular flexibility index (Phi) is 8.65. The molecule has 0 spiro atoms. The normalized spacial score (nSPS) is 24.6. The fourth-order valence-corrected chi connectivity index (χ4v) is 2.99. The number of nitrogens with one attached hydrogen (secondary N) is 2. The summed E-state index contributed by atoms with van der Waals surface area (Å²) in [6.45, 7) is 9.57. The van der Waals surface area contributed by atoms with Crippen molar-refractivity contribution < 1.29 is 23.8 Å². The minimum Gasteiger partial charge on any atom is -0.464 e. The number of rotatable bonds is 8. The van der Waals surface area contributed by atoms with E-state index in [0.717, 1.165) is 19.3 Å². The summed E-state index contributed by atoms with van der Waals surface area (Å²) in [4.78, 5) is 24.1. The highest BCUT2D eigenvalue weighted by molar-refractivity contribution is 5.81. The SMILES string of the molecule is CCOC(=O)C(CCCC1NC(OC)CC1C)NC(=O)OC(C)(C)C. The zero-order chi connectivity index (χ0) is 19.0. The monoisotopic (exact) mass is 358 g/mol. The van der Waals surface area contributed by atoms with E-state index in [0.29, 0.717) is 18.4 Å². The summed E-state index contributed by atoms with van der Waals surface area (Å²) in [7, 11) is 1.70. The molecule has 1 saturated heterocycles. The predicted octanol–water partition coefficient (Wildman–Crippen LogP) is 2.58. The molecule has 0 aromatic heterocycles. The minimum atomic E-state index is -0.690. The molecule has 146 valence electrons. The van der Waals surface area contributed by atoms with E-state index in [4.69, 9.17) is 14.2 Å². The van der Waals surface area contributed by atoms with Gasteiger partial charge in [-0.25, -0.2) is 9.59 Å². The molecular formula is C18H34N2O5. The van der Waals surface area contributed by atoms with Gasteiger partial charge < -0.3 is 19.5 Å². The van der Waals surface area contributed by atoms with Gasteiger partial charge in [-0.2, -0.15) is 0 Å². The highest BCUT2D eigenvalue weighted by Gasteiger charge is 2.31. The maximum atomic E-state index is 12.1. The van der Waals surface area contributed by atoms with Crippen LogP contribution in [0.3, 0.4) is 0 Å². The number of alkyl carbamates (subject to hydrolysis) is 1. The Morgan fingerprint density at radius 1 is 1.32 bits per heavy atom. The standard InChI is InChI=1S/C18H34N2O5/c1-7-24-16(21)14(20-17(22)25-18(3,4)5)10-8-9-13-12(2)11-15(19-13)23-6/h12-15,19H,7-11H2,1-6H3,(H,20,22). The molecule has 0 radical (unpaired) electrons. The molecule has 2 N–H and O–H groups in total. The highest BCUT2D eigenvalue weighted by atomic mass is 16.6. The van der Waals surface area contributed by atoms with Gasteiger partial charge in [0.2, 0.25) is 0 Å². The van der Waals surface area contributed by atoms with Crippen LogP contribution >= 0.6 is 0 Å². The van der Waals surface area contributed by atoms with Crippen molar-refractivity contribution in [2.45, 2.75) is 84.2 Å². The summed E-state index contributed by atoms with van der Waals surface area (Å²) in [5, 5.41) is 6.07. The van der Waals surface area contributed by atoms with E-state index in [1.165, 1.54) is 0 Å². The summed E-state index contributed by atoms with van der Waals surface area (Å²) in [6, 6.07) is -0.334. The molecular weight excluding hydrogens is 324 g/mol. The number of carbonyl (C=O) groups excluding carboxylic acids is 2. The third-order valence-corrected chi connectivity index (χ3v) is 4.23. The van der Waals surface area contributed by atoms with Crippen molar-refractivity contribution >= 4 is 12.1 Å². The number of hydrogen-bond acceptors (Lipinski definition) is 6. The maximum absolute atomic E-state index is 12.1. The van der Waals surface area contributed by atoms with Crippen LogP contribution < -0.4 is 10.6 Å². The zero-order valence-electron chi connectivity index (χ0n) is 16.4. The quantitative estimate of drug-likeness (QED) is 0.649. The van der Waals surface area contributed by atoms with Gasteiger partial charge in [0.25, 0.3) is 0 Å². The van der Waals surface area contributed by atoms with Crippen molar-refractivity contribution in [3.8, 4) is 0 Å². The topological polar surface area (TPSA) is 85.9 Å². The second kappa shape index (κ2) is 9.97. The molecule has 1 aliphatic rings. The summed E-state index contributed by atoms with van der Waals surface area (Å²) in [5.41, 5.74) is -0.609. The average molecular weight is 358 g/mol. The van der Waals surface area contributed by atoms with Crippen LogP contribution in [0.25, 0.3) is 0 Å². The van der Waals surface area contributed by atoms with Crippen LogP contribution in [0.4, 0.5) is 4.79 Å². The van der Waals surface area contributed by atoms with E-state index in [-0.39, 0.29) is 12.8 Å². The first kappa shape index (κ1) is 21.7. The van der Waals surface area contributed by atoms with Crippen LogP contribution in [-0.4, -0.2) is 49.7 Å². The summed E-state index contributed by atoms with van der Waals surface area (Å²) < 4.78 is 15.7. The lowest BCUT2D eigenvalue weighted by atomic mass is 9.97. The number of carbonyl (C=O) groups is 2. The van der Waals surface area contributed by atoms with Gasteiger partial charge in [0.15, 0.2) is 0 Å². The Bertz CT molecular complexity index is 436. The van der Waals surface area contributed by atoms with Crippen LogP contribution in [0.1, 0.15) is 60.3 Å². The van der Waals surface area contributed by atoms with Gasteiger partial charge in [-0.05, 0) is 59.3 Å². The Morgan fingerprint density at radius 2 is 2.00 bits per heavy atom. The Labute approximate surface area is 151 Å². The van der Waals surface area contributed by atoms with Gasteiger partial charge in [0, 0.05) is 13.2 Å². The smallest absolute Gasteiger partial charge is 0.408 e.